The van der Waals surface area contributed by atoms with Crippen molar-refractivity contribution >= 4 is 22.1 Å². The van der Waals surface area contributed by atoms with Crippen molar-refractivity contribution in [2.75, 3.05) is 0 Å². The molecule has 7 nitrogen and oxygen atoms in total. The van der Waals surface area contributed by atoms with E-state index < -0.39 is 45.2 Å². The predicted octanol–water partition coefficient (Wildman–Crippen LogP) is 2.54. The van der Waals surface area contributed by atoms with Crippen molar-refractivity contribution in [3.05, 3.63) is 0 Å². The number of aliphatic carboxylic acids is 1. The van der Waals surface area contributed by atoms with Gasteiger partial charge in [0, 0.05) is 0 Å². The second kappa shape index (κ2) is 7.82. The number of carboxylic acids is 1. The molecular formula is C16H26O7S. The smallest absolute Gasteiger partial charge is 0.331 e. The molecule has 0 radical (unpaired) electrons. The molecule has 0 spiro atoms. The van der Waals surface area contributed by atoms with Crippen molar-refractivity contribution in [3.8, 4) is 0 Å². The SMILES string of the molecule is O=C(O)CC(C(=O)OC1CCCCC1)(C1CCCCC1)S(=O)(=O)O. The van der Waals surface area contributed by atoms with Crippen molar-refractivity contribution in [1.82, 2.24) is 0 Å². The lowest BCUT2D eigenvalue weighted by Crippen LogP contribution is -2.55. The standard InChI is InChI=1S/C16H26O7S/c17-14(18)11-16(24(20,21)22,12-7-3-1-4-8-12)15(19)23-13-9-5-2-6-10-13/h12-13H,1-11H2,(H,17,18)(H,20,21,22). The maximum atomic E-state index is 12.8. The zero-order chi connectivity index (χ0) is 17.8. The fourth-order valence-corrected chi connectivity index (χ4v) is 5.24. The lowest BCUT2D eigenvalue weighted by atomic mass is 9.77. The molecule has 0 aliphatic heterocycles. The summed E-state index contributed by atoms with van der Waals surface area (Å²) in [7, 11) is -4.93. The molecule has 1 atom stereocenters. The molecule has 138 valence electrons. The normalized spacial score (nSPS) is 23.4. The van der Waals surface area contributed by atoms with E-state index in [2.05, 4.69) is 0 Å². The summed E-state index contributed by atoms with van der Waals surface area (Å²) in [6.07, 6.45) is 5.86. The summed E-state index contributed by atoms with van der Waals surface area (Å²) in [5.41, 5.74) is 0. The van der Waals surface area contributed by atoms with E-state index in [1.165, 1.54) is 0 Å². The van der Waals surface area contributed by atoms with Crippen LogP contribution in [0.15, 0.2) is 0 Å². The minimum Gasteiger partial charge on any atom is -0.481 e. The molecule has 2 aliphatic carbocycles. The summed E-state index contributed by atoms with van der Waals surface area (Å²) in [6, 6.07) is 0. The summed E-state index contributed by atoms with van der Waals surface area (Å²) >= 11 is 0. The van der Waals surface area contributed by atoms with E-state index in [0.29, 0.717) is 38.5 Å². The highest BCUT2D eigenvalue weighted by Gasteiger charge is 2.59. The molecule has 0 bridgehead atoms. The third-order valence-corrected chi connectivity index (χ3v) is 6.88. The van der Waals surface area contributed by atoms with Gasteiger partial charge >= 0.3 is 11.9 Å². The Morgan fingerprint density at radius 1 is 0.958 bits per heavy atom. The first-order valence-corrected chi connectivity index (χ1v) is 10.1. The molecule has 2 aliphatic rings. The molecule has 2 fully saturated rings. The van der Waals surface area contributed by atoms with Gasteiger partial charge in [-0.1, -0.05) is 25.7 Å². The number of esters is 1. The average Bonchev–Trinajstić information content (AvgIpc) is 2.53. The number of carbonyl (C=O) groups is 2. The fourth-order valence-electron chi connectivity index (χ4n) is 4.02. The molecule has 0 aromatic heterocycles. The molecule has 0 aromatic carbocycles. The van der Waals surface area contributed by atoms with E-state index in [9.17, 15) is 27.7 Å². The van der Waals surface area contributed by atoms with Crippen LogP contribution in [0.5, 0.6) is 0 Å². The van der Waals surface area contributed by atoms with Gasteiger partial charge in [-0.2, -0.15) is 8.42 Å². The van der Waals surface area contributed by atoms with Crippen LogP contribution in [0.1, 0.15) is 70.6 Å². The molecule has 2 saturated carbocycles. The number of carboxylic acid groups (broad SMARTS) is 1. The zero-order valence-electron chi connectivity index (χ0n) is 13.8. The number of hydrogen-bond acceptors (Lipinski definition) is 5. The van der Waals surface area contributed by atoms with Crippen LogP contribution < -0.4 is 0 Å². The van der Waals surface area contributed by atoms with Gasteiger partial charge in [0.15, 0.2) is 0 Å². The Bertz CT molecular complexity index is 559. The van der Waals surface area contributed by atoms with Crippen molar-refractivity contribution in [3.63, 3.8) is 0 Å². The third kappa shape index (κ3) is 4.08. The summed E-state index contributed by atoms with van der Waals surface area (Å²) in [5, 5.41) is 9.21. The molecule has 0 amide bonds. The van der Waals surface area contributed by atoms with Crippen LogP contribution in [-0.2, 0) is 24.4 Å². The van der Waals surface area contributed by atoms with Gasteiger partial charge < -0.3 is 9.84 Å². The quantitative estimate of drug-likeness (QED) is 0.550. The summed E-state index contributed by atoms with van der Waals surface area (Å²) in [4.78, 5) is 24.1. The van der Waals surface area contributed by atoms with Crippen molar-refractivity contribution in [1.29, 1.82) is 0 Å². The maximum Gasteiger partial charge on any atom is 0.331 e. The topological polar surface area (TPSA) is 118 Å². The lowest BCUT2D eigenvalue weighted by Gasteiger charge is -2.38. The molecule has 0 heterocycles. The van der Waals surface area contributed by atoms with Crippen molar-refractivity contribution in [2.45, 2.75) is 81.5 Å². The largest absolute Gasteiger partial charge is 0.481 e. The van der Waals surface area contributed by atoms with Gasteiger partial charge in [0.2, 0.25) is 4.75 Å². The molecule has 1 unspecified atom stereocenters. The van der Waals surface area contributed by atoms with Crippen LogP contribution in [0, 0.1) is 5.92 Å². The van der Waals surface area contributed by atoms with Crippen LogP contribution in [0.3, 0.4) is 0 Å². The first kappa shape index (κ1) is 19.2. The van der Waals surface area contributed by atoms with Gasteiger partial charge in [-0.3, -0.25) is 14.1 Å². The van der Waals surface area contributed by atoms with E-state index in [1.54, 1.807) is 0 Å². The Kier molecular flexibility index (Phi) is 6.25. The van der Waals surface area contributed by atoms with E-state index in [4.69, 9.17) is 4.74 Å². The first-order chi connectivity index (χ1) is 11.3. The molecule has 2 rings (SSSR count). The molecule has 0 saturated heterocycles. The van der Waals surface area contributed by atoms with Crippen LogP contribution in [-0.4, -0.2) is 40.9 Å². The van der Waals surface area contributed by atoms with E-state index in [1.807, 2.05) is 0 Å². The van der Waals surface area contributed by atoms with Gasteiger partial charge in [0.25, 0.3) is 10.1 Å². The highest BCUT2D eigenvalue weighted by atomic mass is 32.2. The van der Waals surface area contributed by atoms with Gasteiger partial charge in [-0.25, -0.2) is 0 Å². The van der Waals surface area contributed by atoms with Crippen molar-refractivity contribution in [2.24, 2.45) is 5.92 Å². The maximum absolute atomic E-state index is 12.8. The summed E-state index contributed by atoms with van der Waals surface area (Å²) in [5.74, 6) is -3.25. The van der Waals surface area contributed by atoms with Gasteiger partial charge in [-0.15, -0.1) is 0 Å². The van der Waals surface area contributed by atoms with Crippen LogP contribution in [0.4, 0.5) is 0 Å². The molecular weight excluding hydrogens is 336 g/mol. The van der Waals surface area contributed by atoms with Gasteiger partial charge in [0.05, 0.1) is 6.42 Å². The Morgan fingerprint density at radius 3 is 1.92 bits per heavy atom. The first-order valence-electron chi connectivity index (χ1n) is 8.67. The van der Waals surface area contributed by atoms with Crippen LogP contribution in [0.25, 0.3) is 0 Å². The second-order valence-corrected chi connectivity index (χ2v) is 8.61. The second-order valence-electron chi connectivity index (χ2n) is 6.94. The van der Waals surface area contributed by atoms with E-state index >= 15 is 0 Å². The average molecular weight is 362 g/mol. The monoisotopic (exact) mass is 362 g/mol. The minimum absolute atomic E-state index is 0.396. The highest BCUT2D eigenvalue weighted by Crippen LogP contribution is 2.41. The number of ether oxygens (including phenoxy) is 1. The summed E-state index contributed by atoms with van der Waals surface area (Å²) in [6.45, 7) is 0. The Hall–Kier alpha value is -1.15. The Morgan fingerprint density at radius 2 is 1.46 bits per heavy atom. The van der Waals surface area contributed by atoms with Crippen LogP contribution in [0.2, 0.25) is 0 Å². The molecule has 2 N–H and O–H groups in total. The molecule has 24 heavy (non-hydrogen) atoms. The molecule has 8 heteroatoms. The Labute approximate surface area is 142 Å². The summed E-state index contributed by atoms with van der Waals surface area (Å²) < 4.78 is 37.2. The molecule has 0 aromatic rings. The minimum atomic E-state index is -4.93. The van der Waals surface area contributed by atoms with Gasteiger partial charge in [0.1, 0.15) is 6.10 Å². The van der Waals surface area contributed by atoms with Crippen LogP contribution >= 0.6 is 0 Å². The van der Waals surface area contributed by atoms with E-state index in [0.717, 1.165) is 25.7 Å². The van der Waals surface area contributed by atoms with E-state index in [-0.39, 0.29) is 0 Å². The number of carbonyl (C=O) groups excluding carboxylic acids is 1. The predicted molar refractivity (Wildman–Crippen MR) is 86.1 cm³/mol. The zero-order valence-corrected chi connectivity index (χ0v) is 14.6. The fraction of sp³-hybridized carbons (Fsp3) is 0.875. The Balaban J connectivity index is 2.34. The number of rotatable bonds is 6. The van der Waals surface area contributed by atoms with Crippen molar-refractivity contribution < 1.29 is 32.4 Å². The number of hydrogen-bond donors (Lipinski definition) is 2. The van der Waals surface area contributed by atoms with Gasteiger partial charge in [-0.05, 0) is 44.4 Å². The highest BCUT2D eigenvalue weighted by molar-refractivity contribution is 7.88. The lowest BCUT2D eigenvalue weighted by molar-refractivity contribution is -0.159. The third-order valence-electron chi connectivity index (χ3n) is 5.31.